The van der Waals surface area contributed by atoms with Gasteiger partial charge < -0.3 is 4.74 Å². The number of methoxy groups -OCH3 is 1. The highest BCUT2D eigenvalue weighted by Gasteiger charge is 2.37. The number of ether oxygens (including phenoxy) is 1. The van der Waals surface area contributed by atoms with Crippen LogP contribution in [-0.4, -0.2) is 37.2 Å². The van der Waals surface area contributed by atoms with Crippen molar-refractivity contribution in [2.75, 3.05) is 26.7 Å². The minimum absolute atomic E-state index is 0.108. The molecule has 0 unspecified atom stereocenters. The van der Waals surface area contributed by atoms with Gasteiger partial charge in [0.1, 0.15) is 0 Å². The van der Waals surface area contributed by atoms with Crippen molar-refractivity contribution < 1.29 is 4.74 Å². The minimum atomic E-state index is 0.108. The lowest BCUT2D eigenvalue weighted by atomic mass is 9.96. The molecule has 2 nitrogen and oxygen atoms in total. The van der Waals surface area contributed by atoms with Crippen molar-refractivity contribution in [2.45, 2.75) is 18.9 Å². The highest BCUT2D eigenvalue weighted by Crippen LogP contribution is 2.23. The molecule has 0 aliphatic carbocycles. The Bertz CT molecular complexity index is 304. The van der Waals surface area contributed by atoms with E-state index in [1.54, 1.807) is 7.11 Å². The number of nitrogens with zero attached hydrogens (tertiary/aromatic N) is 1. The SMILES string of the molecule is COC1(C)CN(CCc2ccccc2)C1. The molecule has 0 aromatic heterocycles. The van der Waals surface area contributed by atoms with Crippen LogP contribution in [0.1, 0.15) is 12.5 Å². The third-order valence-electron chi connectivity index (χ3n) is 3.17. The predicted octanol–water partition coefficient (Wildman–Crippen LogP) is 1.95. The van der Waals surface area contributed by atoms with Gasteiger partial charge in [-0.3, -0.25) is 4.90 Å². The molecule has 1 aromatic rings. The Kier molecular flexibility index (Phi) is 3.08. The Morgan fingerprint density at radius 3 is 2.53 bits per heavy atom. The van der Waals surface area contributed by atoms with Crippen molar-refractivity contribution in [1.29, 1.82) is 0 Å². The average molecular weight is 205 g/mol. The van der Waals surface area contributed by atoms with Crippen LogP contribution in [-0.2, 0) is 11.2 Å². The monoisotopic (exact) mass is 205 g/mol. The van der Waals surface area contributed by atoms with Crippen LogP contribution in [0.25, 0.3) is 0 Å². The van der Waals surface area contributed by atoms with Gasteiger partial charge in [-0.05, 0) is 18.9 Å². The quantitative estimate of drug-likeness (QED) is 0.745. The van der Waals surface area contributed by atoms with Gasteiger partial charge in [0.2, 0.25) is 0 Å². The van der Waals surface area contributed by atoms with Crippen molar-refractivity contribution in [3.05, 3.63) is 35.9 Å². The van der Waals surface area contributed by atoms with Crippen molar-refractivity contribution in [1.82, 2.24) is 4.90 Å². The lowest BCUT2D eigenvalue weighted by Gasteiger charge is -2.47. The lowest BCUT2D eigenvalue weighted by molar-refractivity contribution is -0.110. The number of hydrogen-bond acceptors (Lipinski definition) is 2. The summed E-state index contributed by atoms with van der Waals surface area (Å²) in [6, 6.07) is 10.6. The van der Waals surface area contributed by atoms with Gasteiger partial charge in [-0.2, -0.15) is 0 Å². The standard InChI is InChI=1S/C13H19NO/c1-13(15-2)10-14(11-13)9-8-12-6-4-3-5-7-12/h3-7H,8-11H2,1-2H3. The van der Waals surface area contributed by atoms with Crippen LogP contribution in [0.2, 0.25) is 0 Å². The average Bonchev–Trinajstić information content (AvgIpc) is 2.24. The minimum Gasteiger partial charge on any atom is -0.376 e. The molecule has 82 valence electrons. The van der Waals surface area contributed by atoms with Gasteiger partial charge in [0.25, 0.3) is 0 Å². The zero-order chi connectivity index (χ0) is 10.7. The molecule has 2 rings (SSSR count). The molecule has 1 aromatic carbocycles. The summed E-state index contributed by atoms with van der Waals surface area (Å²) in [5.74, 6) is 0. The normalized spacial score (nSPS) is 19.9. The van der Waals surface area contributed by atoms with Gasteiger partial charge in [-0.1, -0.05) is 30.3 Å². The van der Waals surface area contributed by atoms with Crippen molar-refractivity contribution in [3.8, 4) is 0 Å². The Morgan fingerprint density at radius 2 is 1.93 bits per heavy atom. The van der Waals surface area contributed by atoms with Crippen LogP contribution in [0.15, 0.2) is 30.3 Å². The summed E-state index contributed by atoms with van der Waals surface area (Å²) in [5.41, 5.74) is 1.53. The fourth-order valence-corrected chi connectivity index (χ4v) is 2.12. The molecule has 0 bridgehead atoms. The molecule has 1 aliphatic heterocycles. The van der Waals surface area contributed by atoms with E-state index in [1.165, 1.54) is 5.56 Å². The first kappa shape index (κ1) is 10.7. The summed E-state index contributed by atoms with van der Waals surface area (Å²) >= 11 is 0. The molecule has 1 saturated heterocycles. The van der Waals surface area contributed by atoms with Crippen LogP contribution >= 0.6 is 0 Å². The highest BCUT2D eigenvalue weighted by atomic mass is 16.5. The number of rotatable bonds is 4. The molecule has 2 heteroatoms. The second-order valence-electron chi connectivity index (χ2n) is 4.60. The van der Waals surface area contributed by atoms with Crippen molar-refractivity contribution >= 4 is 0 Å². The molecule has 0 saturated carbocycles. The summed E-state index contributed by atoms with van der Waals surface area (Å²) in [6.07, 6.45) is 1.14. The Morgan fingerprint density at radius 1 is 1.27 bits per heavy atom. The highest BCUT2D eigenvalue weighted by molar-refractivity contribution is 5.15. The van der Waals surface area contributed by atoms with Gasteiger partial charge in [-0.25, -0.2) is 0 Å². The first-order valence-electron chi connectivity index (χ1n) is 5.53. The molecule has 1 heterocycles. The van der Waals surface area contributed by atoms with Crippen LogP contribution in [0.5, 0.6) is 0 Å². The molecule has 0 N–H and O–H groups in total. The van der Waals surface area contributed by atoms with E-state index in [1.807, 2.05) is 0 Å². The maximum atomic E-state index is 5.41. The zero-order valence-corrected chi connectivity index (χ0v) is 9.57. The van der Waals surface area contributed by atoms with Crippen LogP contribution < -0.4 is 0 Å². The Balaban J connectivity index is 1.73. The van der Waals surface area contributed by atoms with E-state index >= 15 is 0 Å². The van der Waals surface area contributed by atoms with Gasteiger partial charge in [-0.15, -0.1) is 0 Å². The van der Waals surface area contributed by atoms with E-state index < -0.39 is 0 Å². The molecule has 15 heavy (non-hydrogen) atoms. The third kappa shape index (κ3) is 2.58. The smallest absolute Gasteiger partial charge is 0.0903 e. The van der Waals surface area contributed by atoms with E-state index in [9.17, 15) is 0 Å². The van der Waals surface area contributed by atoms with E-state index in [2.05, 4.69) is 42.2 Å². The topological polar surface area (TPSA) is 12.5 Å². The van der Waals surface area contributed by atoms with E-state index in [-0.39, 0.29) is 5.60 Å². The van der Waals surface area contributed by atoms with Crippen molar-refractivity contribution in [2.24, 2.45) is 0 Å². The maximum absolute atomic E-state index is 5.41. The Labute approximate surface area is 91.9 Å². The molecule has 1 fully saturated rings. The van der Waals surface area contributed by atoms with E-state index in [0.29, 0.717) is 0 Å². The van der Waals surface area contributed by atoms with Crippen molar-refractivity contribution in [3.63, 3.8) is 0 Å². The molecular formula is C13H19NO. The fourth-order valence-electron chi connectivity index (χ4n) is 2.12. The second kappa shape index (κ2) is 4.33. The second-order valence-corrected chi connectivity index (χ2v) is 4.60. The first-order valence-corrected chi connectivity index (χ1v) is 5.53. The van der Waals surface area contributed by atoms with E-state index in [4.69, 9.17) is 4.74 Å². The van der Waals surface area contributed by atoms with Crippen LogP contribution in [0, 0.1) is 0 Å². The summed E-state index contributed by atoms with van der Waals surface area (Å²) in [6.45, 7) is 5.45. The number of hydrogen-bond donors (Lipinski definition) is 0. The largest absolute Gasteiger partial charge is 0.376 e. The van der Waals surface area contributed by atoms with Gasteiger partial charge in [0, 0.05) is 26.7 Å². The van der Waals surface area contributed by atoms with Crippen LogP contribution in [0.3, 0.4) is 0 Å². The van der Waals surface area contributed by atoms with Crippen LogP contribution in [0.4, 0.5) is 0 Å². The summed E-state index contributed by atoms with van der Waals surface area (Å²) in [4.78, 5) is 2.44. The van der Waals surface area contributed by atoms with Gasteiger partial charge in [0.05, 0.1) is 5.60 Å². The number of likely N-dealkylation sites (tertiary alicyclic amines) is 1. The van der Waals surface area contributed by atoms with Gasteiger partial charge >= 0.3 is 0 Å². The molecule has 0 amide bonds. The molecular weight excluding hydrogens is 186 g/mol. The predicted molar refractivity (Wildman–Crippen MR) is 62.0 cm³/mol. The summed E-state index contributed by atoms with van der Waals surface area (Å²) in [5, 5.41) is 0. The molecule has 0 spiro atoms. The molecule has 0 radical (unpaired) electrons. The zero-order valence-electron chi connectivity index (χ0n) is 9.57. The molecule has 0 atom stereocenters. The summed E-state index contributed by atoms with van der Waals surface area (Å²) in [7, 11) is 1.80. The first-order chi connectivity index (χ1) is 7.22. The summed E-state index contributed by atoms with van der Waals surface area (Å²) < 4.78 is 5.41. The Hall–Kier alpha value is -0.860. The molecule has 1 aliphatic rings. The fraction of sp³-hybridized carbons (Fsp3) is 0.538. The van der Waals surface area contributed by atoms with E-state index in [0.717, 1.165) is 26.1 Å². The maximum Gasteiger partial charge on any atom is 0.0903 e. The third-order valence-corrected chi connectivity index (χ3v) is 3.17. The van der Waals surface area contributed by atoms with Gasteiger partial charge in [0.15, 0.2) is 0 Å². The number of benzene rings is 1. The lowest BCUT2D eigenvalue weighted by Crippen LogP contribution is -2.61.